The number of carbonyl (C=O) groups is 1. The van der Waals surface area contributed by atoms with Crippen LogP contribution in [-0.4, -0.2) is 21.9 Å². The van der Waals surface area contributed by atoms with Crippen molar-refractivity contribution in [2.75, 3.05) is 5.73 Å². The molecular formula is C16H18N4O4. The molecule has 8 heteroatoms. The number of ether oxygens (including phenoxy) is 1. The van der Waals surface area contributed by atoms with Crippen molar-refractivity contribution in [2.24, 2.45) is 0 Å². The summed E-state index contributed by atoms with van der Waals surface area (Å²) in [5, 5.41) is 13.6. The summed E-state index contributed by atoms with van der Waals surface area (Å²) in [5.74, 6) is -0.00598. The SMILES string of the molecule is CC(C)Oc1ncccc1CNC(=O)c1ccc(N)c([N+](=O)[O-])c1. The molecule has 0 bridgehead atoms. The number of nitrogens with two attached hydrogens (primary N) is 1. The average Bonchev–Trinajstić information content (AvgIpc) is 2.53. The summed E-state index contributed by atoms with van der Waals surface area (Å²) in [5.41, 5.74) is 6.11. The van der Waals surface area contributed by atoms with Gasteiger partial charge < -0.3 is 15.8 Å². The van der Waals surface area contributed by atoms with Crippen LogP contribution >= 0.6 is 0 Å². The molecule has 0 unspecified atom stereocenters. The van der Waals surface area contributed by atoms with Gasteiger partial charge in [-0.05, 0) is 32.0 Å². The van der Waals surface area contributed by atoms with E-state index in [0.29, 0.717) is 11.4 Å². The van der Waals surface area contributed by atoms with Gasteiger partial charge in [0.2, 0.25) is 5.88 Å². The maximum atomic E-state index is 12.2. The third kappa shape index (κ3) is 4.19. The molecule has 24 heavy (non-hydrogen) atoms. The van der Waals surface area contributed by atoms with Crippen LogP contribution in [0, 0.1) is 10.1 Å². The Bertz CT molecular complexity index is 761. The fraction of sp³-hybridized carbons (Fsp3) is 0.250. The molecule has 0 fully saturated rings. The number of hydrogen-bond acceptors (Lipinski definition) is 6. The van der Waals surface area contributed by atoms with Gasteiger partial charge in [0, 0.05) is 29.9 Å². The number of benzene rings is 1. The lowest BCUT2D eigenvalue weighted by atomic mass is 10.1. The molecule has 0 spiro atoms. The highest BCUT2D eigenvalue weighted by Crippen LogP contribution is 2.22. The number of nitrogens with zero attached hydrogens (tertiary/aromatic N) is 2. The zero-order valence-electron chi connectivity index (χ0n) is 13.4. The van der Waals surface area contributed by atoms with Gasteiger partial charge >= 0.3 is 0 Å². The van der Waals surface area contributed by atoms with Gasteiger partial charge in [0.05, 0.1) is 11.0 Å². The van der Waals surface area contributed by atoms with E-state index in [1.807, 2.05) is 13.8 Å². The summed E-state index contributed by atoms with van der Waals surface area (Å²) in [4.78, 5) is 26.6. The number of amides is 1. The largest absolute Gasteiger partial charge is 0.475 e. The second kappa shape index (κ2) is 7.40. The van der Waals surface area contributed by atoms with Crippen molar-refractivity contribution in [3.05, 3.63) is 57.8 Å². The highest BCUT2D eigenvalue weighted by molar-refractivity contribution is 5.95. The third-order valence-electron chi connectivity index (χ3n) is 3.13. The topological polar surface area (TPSA) is 120 Å². The van der Waals surface area contributed by atoms with Crippen molar-refractivity contribution >= 4 is 17.3 Å². The van der Waals surface area contributed by atoms with Crippen LogP contribution in [-0.2, 0) is 6.54 Å². The molecule has 126 valence electrons. The fourth-order valence-electron chi connectivity index (χ4n) is 2.01. The lowest BCUT2D eigenvalue weighted by Crippen LogP contribution is -2.23. The molecule has 1 heterocycles. The van der Waals surface area contributed by atoms with Gasteiger partial charge in [0.1, 0.15) is 5.69 Å². The molecule has 0 atom stereocenters. The van der Waals surface area contributed by atoms with Crippen LogP contribution in [0.2, 0.25) is 0 Å². The van der Waals surface area contributed by atoms with E-state index in [-0.39, 0.29) is 29.6 Å². The minimum Gasteiger partial charge on any atom is -0.475 e. The summed E-state index contributed by atoms with van der Waals surface area (Å²) in [7, 11) is 0. The number of nitrogens with one attached hydrogen (secondary N) is 1. The molecule has 0 aliphatic carbocycles. The van der Waals surface area contributed by atoms with Crippen LogP contribution in [0.5, 0.6) is 5.88 Å². The Balaban J connectivity index is 2.12. The van der Waals surface area contributed by atoms with Crippen LogP contribution in [0.25, 0.3) is 0 Å². The van der Waals surface area contributed by atoms with Gasteiger partial charge in [0.25, 0.3) is 11.6 Å². The standard InChI is InChI=1S/C16H18N4O4/c1-10(2)24-16-12(4-3-7-18-16)9-19-15(21)11-5-6-13(17)14(8-11)20(22)23/h3-8,10H,9,17H2,1-2H3,(H,19,21). The van der Waals surface area contributed by atoms with Crippen molar-refractivity contribution in [2.45, 2.75) is 26.5 Å². The normalized spacial score (nSPS) is 10.5. The predicted octanol–water partition coefficient (Wildman–Crippen LogP) is 2.29. The Morgan fingerprint density at radius 2 is 2.17 bits per heavy atom. The second-order valence-corrected chi connectivity index (χ2v) is 5.35. The highest BCUT2D eigenvalue weighted by Gasteiger charge is 2.16. The Morgan fingerprint density at radius 3 is 2.83 bits per heavy atom. The zero-order chi connectivity index (χ0) is 17.7. The van der Waals surface area contributed by atoms with E-state index in [4.69, 9.17) is 10.5 Å². The Morgan fingerprint density at radius 1 is 1.42 bits per heavy atom. The first-order chi connectivity index (χ1) is 11.4. The van der Waals surface area contributed by atoms with E-state index in [2.05, 4.69) is 10.3 Å². The number of nitrogen functional groups attached to an aromatic ring is 1. The number of aromatic nitrogens is 1. The molecule has 2 rings (SSSR count). The molecule has 0 saturated carbocycles. The highest BCUT2D eigenvalue weighted by atomic mass is 16.6. The number of nitro groups is 1. The third-order valence-corrected chi connectivity index (χ3v) is 3.13. The number of pyridine rings is 1. The van der Waals surface area contributed by atoms with Crippen molar-refractivity contribution in [3.8, 4) is 5.88 Å². The molecule has 3 N–H and O–H groups in total. The number of nitro benzene ring substituents is 1. The van der Waals surface area contributed by atoms with Gasteiger partial charge in [-0.1, -0.05) is 6.07 Å². The zero-order valence-corrected chi connectivity index (χ0v) is 13.4. The second-order valence-electron chi connectivity index (χ2n) is 5.35. The monoisotopic (exact) mass is 330 g/mol. The molecule has 8 nitrogen and oxygen atoms in total. The number of rotatable bonds is 6. The Hall–Kier alpha value is -3.16. The Kier molecular flexibility index (Phi) is 5.31. The van der Waals surface area contributed by atoms with E-state index in [0.717, 1.165) is 6.07 Å². The first-order valence-corrected chi connectivity index (χ1v) is 7.31. The van der Waals surface area contributed by atoms with Gasteiger partial charge in [0.15, 0.2) is 0 Å². The Labute approximate surface area is 138 Å². The van der Waals surface area contributed by atoms with Crippen molar-refractivity contribution in [1.82, 2.24) is 10.3 Å². The first kappa shape index (κ1) is 17.2. The van der Waals surface area contributed by atoms with E-state index in [1.165, 1.54) is 12.1 Å². The lowest BCUT2D eigenvalue weighted by molar-refractivity contribution is -0.383. The maximum Gasteiger partial charge on any atom is 0.292 e. The molecule has 0 aliphatic heterocycles. The van der Waals surface area contributed by atoms with Gasteiger partial charge in [-0.25, -0.2) is 4.98 Å². The van der Waals surface area contributed by atoms with Crippen LogP contribution in [0.4, 0.5) is 11.4 Å². The number of carbonyl (C=O) groups excluding carboxylic acids is 1. The summed E-state index contributed by atoms with van der Waals surface area (Å²) in [6.07, 6.45) is 1.56. The summed E-state index contributed by atoms with van der Waals surface area (Å²) in [6, 6.07) is 7.45. The summed E-state index contributed by atoms with van der Waals surface area (Å²) < 4.78 is 5.58. The lowest BCUT2D eigenvalue weighted by Gasteiger charge is -2.13. The van der Waals surface area contributed by atoms with Crippen LogP contribution in [0.3, 0.4) is 0 Å². The minimum atomic E-state index is -0.623. The van der Waals surface area contributed by atoms with Crippen LogP contribution < -0.4 is 15.8 Å². The molecule has 1 amide bonds. The van der Waals surface area contributed by atoms with Crippen LogP contribution in [0.1, 0.15) is 29.8 Å². The minimum absolute atomic E-state index is 0.0106. The number of hydrogen-bond donors (Lipinski definition) is 2. The van der Waals surface area contributed by atoms with Gasteiger partial charge in [-0.3, -0.25) is 14.9 Å². The van der Waals surface area contributed by atoms with E-state index in [1.54, 1.807) is 18.3 Å². The maximum absolute atomic E-state index is 12.2. The molecular weight excluding hydrogens is 312 g/mol. The predicted molar refractivity (Wildman–Crippen MR) is 88.7 cm³/mol. The first-order valence-electron chi connectivity index (χ1n) is 7.31. The van der Waals surface area contributed by atoms with E-state index in [9.17, 15) is 14.9 Å². The molecule has 1 aromatic heterocycles. The van der Waals surface area contributed by atoms with Crippen LogP contribution in [0.15, 0.2) is 36.5 Å². The summed E-state index contributed by atoms with van der Waals surface area (Å²) in [6.45, 7) is 3.95. The molecule has 1 aromatic carbocycles. The van der Waals surface area contributed by atoms with Crippen molar-refractivity contribution < 1.29 is 14.5 Å². The molecule has 0 radical (unpaired) electrons. The fourth-order valence-corrected chi connectivity index (χ4v) is 2.01. The molecule has 0 aliphatic rings. The van der Waals surface area contributed by atoms with Gasteiger partial charge in [-0.15, -0.1) is 0 Å². The van der Waals surface area contributed by atoms with E-state index < -0.39 is 10.8 Å². The summed E-state index contributed by atoms with van der Waals surface area (Å²) >= 11 is 0. The van der Waals surface area contributed by atoms with Crippen molar-refractivity contribution in [1.29, 1.82) is 0 Å². The quantitative estimate of drug-likeness (QED) is 0.476. The molecule has 2 aromatic rings. The van der Waals surface area contributed by atoms with Gasteiger partial charge in [-0.2, -0.15) is 0 Å². The average molecular weight is 330 g/mol. The smallest absolute Gasteiger partial charge is 0.292 e. The van der Waals surface area contributed by atoms with Crippen molar-refractivity contribution in [3.63, 3.8) is 0 Å². The molecule has 0 saturated heterocycles. The number of anilines is 1. The van der Waals surface area contributed by atoms with E-state index >= 15 is 0 Å².